The van der Waals surface area contributed by atoms with Gasteiger partial charge in [-0.25, -0.2) is 0 Å². The maximum Gasteiger partial charge on any atom is 0.263 e. The molecule has 0 saturated carbocycles. The average molecular weight is 348 g/mol. The van der Waals surface area contributed by atoms with Gasteiger partial charge in [-0.15, -0.1) is 0 Å². The van der Waals surface area contributed by atoms with E-state index in [4.69, 9.17) is 0 Å². The number of aryl methyl sites for hydroxylation is 2. The predicted octanol–water partition coefficient (Wildman–Crippen LogP) is 2.41. The molecule has 2 aliphatic rings. The third-order valence-electron chi connectivity index (χ3n) is 4.85. The van der Waals surface area contributed by atoms with Crippen molar-refractivity contribution in [3.63, 3.8) is 0 Å². The second-order valence-electron chi connectivity index (χ2n) is 6.50. The van der Waals surface area contributed by atoms with Crippen LogP contribution in [0.2, 0.25) is 0 Å². The van der Waals surface area contributed by atoms with E-state index in [1.165, 1.54) is 0 Å². The average Bonchev–Trinajstić information content (AvgIpc) is 3.01. The molecule has 0 aromatic heterocycles. The molecule has 0 bridgehead atoms. The van der Waals surface area contributed by atoms with E-state index < -0.39 is 23.6 Å². The molecule has 0 atom stereocenters. The van der Waals surface area contributed by atoms with Crippen LogP contribution >= 0.6 is 0 Å². The van der Waals surface area contributed by atoms with Gasteiger partial charge in [-0.2, -0.15) is 0 Å². The van der Waals surface area contributed by atoms with E-state index in [-0.39, 0.29) is 6.67 Å². The Kier molecular flexibility index (Phi) is 3.50. The molecule has 0 fully saturated rings. The standard InChI is InChI=1S/C20H16N2O4/c1-3-12-5-7-14-16(9-12)20(26)22(18(14)24)10-21-17(23)13-6-4-11(2)8-15(13)19(21)25/h4-9H,3,10H2,1-2H3. The Bertz CT molecular complexity index is 1010. The molecule has 4 rings (SSSR count). The summed E-state index contributed by atoms with van der Waals surface area (Å²) in [5, 5.41) is 0. The zero-order valence-corrected chi connectivity index (χ0v) is 14.4. The monoisotopic (exact) mass is 348 g/mol. The summed E-state index contributed by atoms with van der Waals surface area (Å²) in [6.45, 7) is 3.41. The minimum Gasteiger partial charge on any atom is -0.269 e. The number of benzene rings is 2. The molecule has 6 nitrogen and oxygen atoms in total. The lowest BCUT2D eigenvalue weighted by molar-refractivity contribution is 0.0471. The Labute approximate surface area is 150 Å². The smallest absolute Gasteiger partial charge is 0.263 e. The van der Waals surface area contributed by atoms with Gasteiger partial charge in [0.1, 0.15) is 6.67 Å². The molecule has 0 unspecified atom stereocenters. The highest BCUT2D eigenvalue weighted by molar-refractivity contribution is 6.24. The van der Waals surface area contributed by atoms with Gasteiger partial charge in [-0.05, 0) is 43.2 Å². The molecule has 2 aromatic carbocycles. The van der Waals surface area contributed by atoms with Gasteiger partial charge >= 0.3 is 0 Å². The quantitative estimate of drug-likeness (QED) is 0.799. The molecule has 0 spiro atoms. The first kappa shape index (κ1) is 16.2. The molecule has 0 aliphatic carbocycles. The summed E-state index contributed by atoms with van der Waals surface area (Å²) >= 11 is 0. The lowest BCUT2D eigenvalue weighted by Crippen LogP contribution is -2.43. The van der Waals surface area contributed by atoms with Crippen molar-refractivity contribution in [1.82, 2.24) is 9.80 Å². The first-order valence-electron chi connectivity index (χ1n) is 8.38. The van der Waals surface area contributed by atoms with Crippen molar-refractivity contribution in [1.29, 1.82) is 0 Å². The number of carbonyl (C=O) groups is 4. The van der Waals surface area contributed by atoms with Crippen LogP contribution in [0.15, 0.2) is 36.4 Å². The molecule has 2 heterocycles. The van der Waals surface area contributed by atoms with Gasteiger partial charge in [-0.1, -0.05) is 24.6 Å². The minimum atomic E-state index is -0.490. The fourth-order valence-electron chi connectivity index (χ4n) is 3.36. The normalized spacial score (nSPS) is 15.8. The van der Waals surface area contributed by atoms with Crippen LogP contribution < -0.4 is 0 Å². The molecule has 0 saturated heterocycles. The molecule has 4 amide bonds. The first-order chi connectivity index (χ1) is 12.4. The second-order valence-corrected chi connectivity index (χ2v) is 6.50. The Morgan fingerprint density at radius 3 is 1.77 bits per heavy atom. The summed E-state index contributed by atoms with van der Waals surface area (Å²) in [5.41, 5.74) is 3.04. The van der Waals surface area contributed by atoms with Crippen LogP contribution in [0.5, 0.6) is 0 Å². The fourth-order valence-corrected chi connectivity index (χ4v) is 3.36. The first-order valence-corrected chi connectivity index (χ1v) is 8.38. The van der Waals surface area contributed by atoms with Gasteiger partial charge in [0.25, 0.3) is 23.6 Å². The van der Waals surface area contributed by atoms with Gasteiger partial charge in [-0.3, -0.25) is 29.0 Å². The predicted molar refractivity (Wildman–Crippen MR) is 92.9 cm³/mol. The van der Waals surface area contributed by atoms with Gasteiger partial charge in [0, 0.05) is 0 Å². The van der Waals surface area contributed by atoms with Gasteiger partial charge < -0.3 is 0 Å². The van der Waals surface area contributed by atoms with E-state index in [9.17, 15) is 19.2 Å². The molecule has 0 radical (unpaired) electrons. The molecule has 26 heavy (non-hydrogen) atoms. The Balaban J connectivity index is 1.65. The highest BCUT2D eigenvalue weighted by atomic mass is 16.2. The number of amides is 4. The Hall–Kier alpha value is -3.28. The molecular formula is C20H16N2O4. The molecular weight excluding hydrogens is 332 g/mol. The van der Waals surface area contributed by atoms with Gasteiger partial charge in [0.05, 0.1) is 22.3 Å². The van der Waals surface area contributed by atoms with Crippen molar-refractivity contribution >= 4 is 23.6 Å². The molecule has 2 aromatic rings. The highest BCUT2D eigenvalue weighted by Crippen LogP contribution is 2.28. The summed E-state index contributed by atoms with van der Waals surface area (Å²) < 4.78 is 0. The summed E-state index contributed by atoms with van der Waals surface area (Å²) in [7, 11) is 0. The zero-order chi connectivity index (χ0) is 18.6. The molecule has 0 N–H and O–H groups in total. The van der Waals surface area contributed by atoms with Crippen molar-refractivity contribution in [3.05, 3.63) is 69.8 Å². The van der Waals surface area contributed by atoms with E-state index in [1.54, 1.807) is 36.4 Å². The Morgan fingerprint density at radius 1 is 0.692 bits per heavy atom. The third-order valence-corrected chi connectivity index (χ3v) is 4.85. The van der Waals surface area contributed by atoms with E-state index in [1.807, 2.05) is 13.8 Å². The fraction of sp³-hybridized carbons (Fsp3) is 0.200. The van der Waals surface area contributed by atoms with Crippen molar-refractivity contribution in [3.8, 4) is 0 Å². The van der Waals surface area contributed by atoms with Crippen LogP contribution in [0.4, 0.5) is 0 Å². The highest BCUT2D eigenvalue weighted by Gasteiger charge is 2.42. The van der Waals surface area contributed by atoms with E-state index in [0.29, 0.717) is 22.3 Å². The van der Waals surface area contributed by atoms with Gasteiger partial charge in [0.15, 0.2) is 0 Å². The molecule has 2 aliphatic heterocycles. The van der Waals surface area contributed by atoms with Crippen molar-refractivity contribution in [2.24, 2.45) is 0 Å². The summed E-state index contributed by atoms with van der Waals surface area (Å²) in [5.74, 6) is -1.94. The van der Waals surface area contributed by atoms with Gasteiger partial charge in [0.2, 0.25) is 0 Å². The number of imide groups is 2. The van der Waals surface area contributed by atoms with Crippen LogP contribution in [0, 0.1) is 6.92 Å². The summed E-state index contributed by atoms with van der Waals surface area (Å²) in [6.07, 6.45) is 0.743. The Morgan fingerprint density at radius 2 is 1.19 bits per heavy atom. The second kappa shape index (κ2) is 5.62. The maximum atomic E-state index is 12.7. The summed E-state index contributed by atoms with van der Waals surface area (Å²) in [6, 6.07) is 10.1. The topological polar surface area (TPSA) is 74.8 Å². The largest absolute Gasteiger partial charge is 0.269 e. The van der Waals surface area contributed by atoms with Crippen molar-refractivity contribution in [2.45, 2.75) is 20.3 Å². The van der Waals surface area contributed by atoms with Crippen LogP contribution in [-0.4, -0.2) is 40.1 Å². The van der Waals surface area contributed by atoms with E-state index in [2.05, 4.69) is 0 Å². The minimum absolute atomic E-state index is 0.297. The molecule has 6 heteroatoms. The van der Waals surface area contributed by atoms with Crippen LogP contribution in [0.25, 0.3) is 0 Å². The van der Waals surface area contributed by atoms with Crippen molar-refractivity contribution in [2.75, 3.05) is 6.67 Å². The lowest BCUT2D eigenvalue weighted by Gasteiger charge is -2.20. The van der Waals surface area contributed by atoms with Crippen LogP contribution in [-0.2, 0) is 6.42 Å². The lowest BCUT2D eigenvalue weighted by atomic mass is 10.0. The zero-order valence-electron chi connectivity index (χ0n) is 14.4. The van der Waals surface area contributed by atoms with Crippen LogP contribution in [0.1, 0.15) is 59.5 Å². The number of hydrogen-bond acceptors (Lipinski definition) is 4. The van der Waals surface area contributed by atoms with Crippen LogP contribution in [0.3, 0.4) is 0 Å². The number of hydrogen-bond donors (Lipinski definition) is 0. The molecule has 130 valence electrons. The number of nitrogens with zero attached hydrogens (tertiary/aromatic N) is 2. The third kappa shape index (κ3) is 2.19. The van der Waals surface area contributed by atoms with Crippen molar-refractivity contribution < 1.29 is 19.2 Å². The van der Waals surface area contributed by atoms with E-state index in [0.717, 1.165) is 27.3 Å². The maximum absolute atomic E-state index is 12.7. The number of carbonyl (C=O) groups excluding carboxylic acids is 4. The number of rotatable bonds is 3. The summed E-state index contributed by atoms with van der Waals surface area (Å²) in [4.78, 5) is 52.3. The number of fused-ring (bicyclic) bond motifs is 2. The SMILES string of the molecule is CCc1ccc2c(c1)C(=O)N(CN1C(=O)c3ccc(C)cc3C1=O)C2=O. The van der Waals surface area contributed by atoms with E-state index >= 15 is 0 Å².